The predicted molar refractivity (Wildman–Crippen MR) is 154 cm³/mol. The molecule has 3 rings (SSSR count). The summed E-state index contributed by atoms with van der Waals surface area (Å²) >= 11 is 0. The molecule has 0 fully saturated rings. The van der Waals surface area contributed by atoms with Gasteiger partial charge in [-0.1, -0.05) is 133 Å². The number of nitrogens with zero attached hydrogens (tertiary/aromatic N) is 1. The Morgan fingerprint density at radius 1 is 0.500 bits per heavy atom. The molecule has 0 unspecified atom stereocenters. The van der Waals surface area contributed by atoms with E-state index < -0.39 is 5.95 Å². The smallest absolute Gasteiger partial charge is 0.219 e. The van der Waals surface area contributed by atoms with Crippen molar-refractivity contribution in [1.82, 2.24) is 4.98 Å². The lowest BCUT2D eigenvalue weighted by atomic mass is 10.00. The molecule has 2 aromatic carbocycles. The molecule has 0 bridgehead atoms. The van der Waals surface area contributed by atoms with Gasteiger partial charge in [-0.15, -0.1) is 0 Å². The molecule has 0 saturated heterocycles. The first-order valence-electron chi connectivity index (χ1n) is 14.6. The maximum absolute atomic E-state index is 15.0. The molecule has 0 aliphatic carbocycles. The Bertz CT molecular complexity index is 991. The van der Waals surface area contributed by atoms with E-state index in [-0.39, 0.29) is 0 Å². The van der Waals surface area contributed by atoms with E-state index in [1.165, 1.54) is 94.6 Å². The molecule has 1 heterocycles. The van der Waals surface area contributed by atoms with Crippen molar-refractivity contribution >= 4 is 0 Å². The van der Waals surface area contributed by atoms with Crippen LogP contribution in [0.1, 0.15) is 108 Å². The van der Waals surface area contributed by atoms with E-state index in [1.807, 2.05) is 24.3 Å². The second kappa shape index (κ2) is 16.3. The Morgan fingerprint density at radius 2 is 0.944 bits per heavy atom. The number of hydrogen-bond donors (Lipinski definition) is 0. The zero-order valence-electron chi connectivity index (χ0n) is 22.7. The molecule has 0 atom stereocenters. The van der Waals surface area contributed by atoms with Gasteiger partial charge in [0.15, 0.2) is 0 Å². The summed E-state index contributed by atoms with van der Waals surface area (Å²) in [5.41, 5.74) is 5.81. The minimum absolute atomic E-state index is 0.400. The van der Waals surface area contributed by atoms with Gasteiger partial charge < -0.3 is 0 Å². The summed E-state index contributed by atoms with van der Waals surface area (Å²) < 4.78 is 15.0. The molecule has 3 aromatic rings. The Labute approximate surface area is 219 Å². The summed E-state index contributed by atoms with van der Waals surface area (Å²) in [6.07, 6.45) is 19.3. The van der Waals surface area contributed by atoms with E-state index in [0.29, 0.717) is 11.3 Å². The Kier molecular flexibility index (Phi) is 12.7. The second-order valence-electron chi connectivity index (χ2n) is 10.3. The third kappa shape index (κ3) is 9.52. The number of unbranched alkanes of at least 4 members (excludes halogenated alkanes) is 11. The van der Waals surface area contributed by atoms with Crippen molar-refractivity contribution in [1.29, 1.82) is 0 Å². The third-order valence-corrected chi connectivity index (χ3v) is 7.25. The molecular formula is C34H46FN. The molecule has 194 valence electrons. The van der Waals surface area contributed by atoms with Crippen LogP contribution in [0, 0.1) is 5.95 Å². The maximum atomic E-state index is 15.0. The molecule has 0 aliphatic heterocycles. The summed E-state index contributed by atoms with van der Waals surface area (Å²) in [6.45, 7) is 4.51. The van der Waals surface area contributed by atoms with Crippen molar-refractivity contribution < 1.29 is 4.39 Å². The van der Waals surface area contributed by atoms with E-state index in [4.69, 9.17) is 0 Å². The largest absolute Gasteiger partial charge is 0.221 e. The van der Waals surface area contributed by atoms with Crippen LogP contribution in [0.2, 0.25) is 0 Å². The lowest BCUT2D eigenvalue weighted by Gasteiger charge is -2.08. The summed E-state index contributed by atoms with van der Waals surface area (Å²) in [6, 6.07) is 20.6. The number of pyridine rings is 1. The molecule has 0 N–H and O–H groups in total. The van der Waals surface area contributed by atoms with E-state index in [0.717, 1.165) is 24.0 Å². The number of aryl methyl sites for hydroxylation is 2. The molecule has 36 heavy (non-hydrogen) atoms. The average Bonchev–Trinajstić information content (AvgIpc) is 2.91. The van der Waals surface area contributed by atoms with Gasteiger partial charge in [-0.25, -0.2) is 4.98 Å². The zero-order valence-corrected chi connectivity index (χ0v) is 22.7. The van der Waals surface area contributed by atoms with E-state index in [9.17, 15) is 4.39 Å². The minimum atomic E-state index is -0.400. The van der Waals surface area contributed by atoms with Crippen LogP contribution in [-0.2, 0) is 12.8 Å². The SMILES string of the molecule is CCCCCCCCCc1ccc(-c2ccc(-c3ccc(CCCCCCCC)cc3)nc2F)cc1. The number of halogens is 1. The fourth-order valence-electron chi connectivity index (χ4n) is 4.90. The number of rotatable bonds is 17. The van der Waals surface area contributed by atoms with Crippen molar-refractivity contribution in [3.05, 3.63) is 77.7 Å². The first kappa shape index (κ1) is 28.1. The summed E-state index contributed by atoms with van der Waals surface area (Å²) in [5, 5.41) is 0. The van der Waals surface area contributed by atoms with Gasteiger partial charge in [0.2, 0.25) is 5.95 Å². The van der Waals surface area contributed by atoms with Gasteiger partial charge in [-0.05, 0) is 54.5 Å². The van der Waals surface area contributed by atoms with Gasteiger partial charge >= 0.3 is 0 Å². The topological polar surface area (TPSA) is 12.9 Å². The van der Waals surface area contributed by atoms with E-state index in [1.54, 1.807) is 0 Å². The lowest BCUT2D eigenvalue weighted by Crippen LogP contribution is -1.94. The number of benzene rings is 2. The third-order valence-electron chi connectivity index (χ3n) is 7.25. The van der Waals surface area contributed by atoms with E-state index in [2.05, 4.69) is 55.2 Å². The van der Waals surface area contributed by atoms with Crippen molar-refractivity contribution in [2.75, 3.05) is 0 Å². The van der Waals surface area contributed by atoms with Gasteiger partial charge in [-0.3, -0.25) is 0 Å². The number of hydrogen-bond acceptors (Lipinski definition) is 1. The van der Waals surface area contributed by atoms with Crippen LogP contribution in [0.3, 0.4) is 0 Å². The highest BCUT2D eigenvalue weighted by Gasteiger charge is 2.09. The van der Waals surface area contributed by atoms with Gasteiger partial charge in [0.05, 0.1) is 5.69 Å². The molecule has 1 nitrogen and oxygen atoms in total. The fourth-order valence-corrected chi connectivity index (χ4v) is 4.90. The molecule has 0 radical (unpaired) electrons. The molecule has 1 aromatic heterocycles. The monoisotopic (exact) mass is 487 g/mol. The summed E-state index contributed by atoms with van der Waals surface area (Å²) in [5.74, 6) is -0.400. The van der Waals surface area contributed by atoms with Crippen molar-refractivity contribution in [2.24, 2.45) is 0 Å². The van der Waals surface area contributed by atoms with E-state index >= 15 is 0 Å². The highest BCUT2D eigenvalue weighted by atomic mass is 19.1. The summed E-state index contributed by atoms with van der Waals surface area (Å²) in [4.78, 5) is 4.30. The molecular weight excluding hydrogens is 441 g/mol. The Morgan fingerprint density at radius 3 is 1.42 bits per heavy atom. The van der Waals surface area contributed by atoms with Crippen LogP contribution in [0.5, 0.6) is 0 Å². The predicted octanol–water partition coefficient (Wildman–Crippen LogP) is 10.8. The van der Waals surface area contributed by atoms with Crippen LogP contribution in [0.4, 0.5) is 4.39 Å². The van der Waals surface area contributed by atoms with Crippen LogP contribution >= 0.6 is 0 Å². The number of aromatic nitrogens is 1. The normalized spacial score (nSPS) is 11.2. The molecule has 0 amide bonds. The first-order valence-corrected chi connectivity index (χ1v) is 14.6. The Hall–Kier alpha value is -2.48. The maximum Gasteiger partial charge on any atom is 0.221 e. The molecule has 0 spiro atoms. The van der Waals surface area contributed by atoms with Gasteiger partial charge in [0.25, 0.3) is 0 Å². The Balaban J connectivity index is 1.49. The average molecular weight is 488 g/mol. The van der Waals surface area contributed by atoms with Crippen molar-refractivity contribution in [2.45, 2.75) is 110 Å². The zero-order chi connectivity index (χ0) is 25.4. The first-order chi connectivity index (χ1) is 17.7. The quantitative estimate of drug-likeness (QED) is 0.136. The van der Waals surface area contributed by atoms with Crippen LogP contribution < -0.4 is 0 Å². The summed E-state index contributed by atoms with van der Waals surface area (Å²) in [7, 11) is 0. The second-order valence-corrected chi connectivity index (χ2v) is 10.3. The van der Waals surface area contributed by atoms with Crippen molar-refractivity contribution in [3.8, 4) is 22.4 Å². The van der Waals surface area contributed by atoms with Crippen LogP contribution in [-0.4, -0.2) is 4.98 Å². The molecule has 0 saturated carbocycles. The standard InChI is InChI=1S/C34H46FN/c1-3-5-7-9-11-13-15-16-28-18-22-30(23-19-28)32-26-27-33(36-34(32)35)31-24-20-29(21-25-31)17-14-12-10-8-6-4-2/h18-27H,3-17H2,1-2H3. The highest BCUT2D eigenvalue weighted by Crippen LogP contribution is 2.26. The van der Waals surface area contributed by atoms with Gasteiger partial charge in [-0.2, -0.15) is 4.39 Å². The van der Waals surface area contributed by atoms with Crippen LogP contribution in [0.15, 0.2) is 60.7 Å². The molecule has 2 heteroatoms. The van der Waals surface area contributed by atoms with Crippen molar-refractivity contribution in [3.63, 3.8) is 0 Å². The molecule has 0 aliphatic rings. The lowest BCUT2D eigenvalue weighted by molar-refractivity contribution is 0.588. The highest BCUT2D eigenvalue weighted by molar-refractivity contribution is 5.67. The fraction of sp³-hybridized carbons (Fsp3) is 0.500. The van der Waals surface area contributed by atoms with Gasteiger partial charge in [0, 0.05) is 11.1 Å². The van der Waals surface area contributed by atoms with Crippen LogP contribution in [0.25, 0.3) is 22.4 Å². The van der Waals surface area contributed by atoms with Gasteiger partial charge in [0.1, 0.15) is 0 Å². The minimum Gasteiger partial charge on any atom is -0.219 e.